The van der Waals surface area contributed by atoms with Crippen LogP contribution in [0, 0.1) is 0 Å². The zero-order valence-electron chi connectivity index (χ0n) is 39.1. The minimum atomic E-state index is 0.122. The zero-order chi connectivity index (χ0) is 45.4. The second-order valence-electron chi connectivity index (χ2n) is 19.1. The van der Waals surface area contributed by atoms with Crippen LogP contribution in [0.25, 0.3) is 72.0 Å². The molecule has 1 aromatic heterocycles. The molecule has 1 heterocycles. The minimum absolute atomic E-state index is 0.122. The molecular formula is C64H58N2. The van der Waals surface area contributed by atoms with Gasteiger partial charge in [-0.2, -0.15) is 0 Å². The summed E-state index contributed by atoms with van der Waals surface area (Å²) in [7, 11) is 0. The highest BCUT2D eigenvalue weighted by molar-refractivity contribution is 6.09. The predicted molar refractivity (Wildman–Crippen MR) is 284 cm³/mol. The van der Waals surface area contributed by atoms with Crippen LogP contribution in [0.5, 0.6) is 0 Å². The van der Waals surface area contributed by atoms with Crippen LogP contribution in [0.15, 0.2) is 218 Å². The fourth-order valence-electron chi connectivity index (χ4n) is 9.33. The number of anilines is 3. The van der Waals surface area contributed by atoms with E-state index in [-0.39, 0.29) is 10.8 Å². The summed E-state index contributed by atoms with van der Waals surface area (Å²) in [5.41, 5.74) is 19.8. The van der Waals surface area contributed by atoms with Crippen molar-refractivity contribution >= 4 is 38.9 Å². The van der Waals surface area contributed by atoms with E-state index >= 15 is 0 Å². The third-order valence-electron chi connectivity index (χ3n) is 14.3. The summed E-state index contributed by atoms with van der Waals surface area (Å²) in [6.07, 6.45) is 2.21. The molecule has 0 bridgehead atoms. The van der Waals surface area contributed by atoms with E-state index in [0.717, 1.165) is 35.6 Å². The zero-order valence-corrected chi connectivity index (χ0v) is 39.1. The Bertz CT molecular complexity index is 3170. The van der Waals surface area contributed by atoms with Crippen molar-refractivity contribution < 1.29 is 0 Å². The molecule has 66 heavy (non-hydrogen) atoms. The molecule has 9 aromatic carbocycles. The van der Waals surface area contributed by atoms with Crippen molar-refractivity contribution in [3.8, 4) is 50.2 Å². The van der Waals surface area contributed by atoms with Crippen LogP contribution < -0.4 is 4.90 Å². The fraction of sp³-hybridized carbons (Fsp3) is 0.156. The highest BCUT2D eigenvalue weighted by Gasteiger charge is 2.25. The van der Waals surface area contributed by atoms with Gasteiger partial charge in [-0.15, -0.1) is 0 Å². The van der Waals surface area contributed by atoms with Crippen molar-refractivity contribution in [2.24, 2.45) is 0 Å². The topological polar surface area (TPSA) is 8.17 Å². The first-order valence-electron chi connectivity index (χ1n) is 23.6. The number of fused-ring (bicyclic) bond motifs is 3. The molecule has 2 heteroatoms. The van der Waals surface area contributed by atoms with Gasteiger partial charge in [0.25, 0.3) is 0 Å². The average molecular weight is 855 g/mol. The van der Waals surface area contributed by atoms with Crippen LogP contribution in [0.2, 0.25) is 0 Å². The Kier molecular flexibility index (Phi) is 11.3. The normalized spacial score (nSPS) is 11.9. The van der Waals surface area contributed by atoms with Crippen LogP contribution in [0.3, 0.4) is 0 Å². The SMILES string of the molecule is CCC(C)(C)c1cc(-c2ccc(-c3ccc(-c4ccc(N(c5ccccc5)c5ccc(-c6ccc(-n7c8ccccc8c8ccccc87)cc6)cc5)cc4)cc3)cc2)cc(C(C)(C)CC)c1. The molecule has 0 radical (unpaired) electrons. The smallest absolute Gasteiger partial charge is 0.0541 e. The number of benzene rings is 9. The van der Waals surface area contributed by atoms with Crippen molar-refractivity contribution in [2.45, 2.75) is 65.2 Å². The lowest BCUT2D eigenvalue weighted by atomic mass is 9.75. The molecule has 10 aromatic rings. The lowest BCUT2D eigenvalue weighted by Gasteiger charge is -2.30. The Morgan fingerprint density at radius 3 is 1.05 bits per heavy atom. The first kappa shape index (κ1) is 42.5. The molecular weight excluding hydrogens is 797 g/mol. The molecule has 10 rings (SSSR count). The quantitative estimate of drug-likeness (QED) is 0.119. The van der Waals surface area contributed by atoms with E-state index in [2.05, 4.69) is 269 Å². The monoisotopic (exact) mass is 854 g/mol. The maximum absolute atomic E-state index is 2.45. The molecule has 0 aliphatic carbocycles. The van der Waals surface area contributed by atoms with E-state index in [4.69, 9.17) is 0 Å². The van der Waals surface area contributed by atoms with Gasteiger partial charge < -0.3 is 9.47 Å². The number of rotatable bonds is 12. The molecule has 0 unspecified atom stereocenters. The summed E-state index contributed by atoms with van der Waals surface area (Å²) in [6, 6.07) is 80.2. The standard InChI is InChI=1S/C64H58N2/c1-7-63(3,4)53-42-52(43-54(44-53)64(5,6)8-2)51-28-26-46(27-29-51)45-22-24-47(25-23-45)48-30-36-56(37-31-48)65(55-16-10-9-11-17-55)57-38-32-49(33-39-57)50-34-40-58(41-35-50)66-61-20-14-12-18-59(61)60-19-13-15-21-62(60)66/h9-44H,7-8H2,1-6H3. The van der Waals surface area contributed by atoms with E-state index in [9.17, 15) is 0 Å². The Morgan fingerprint density at radius 2 is 0.652 bits per heavy atom. The van der Waals surface area contributed by atoms with Crippen molar-refractivity contribution in [1.82, 2.24) is 4.57 Å². The predicted octanol–water partition coefficient (Wildman–Crippen LogP) is 18.3. The highest BCUT2D eigenvalue weighted by Crippen LogP contribution is 2.40. The third-order valence-corrected chi connectivity index (χ3v) is 14.3. The van der Waals surface area contributed by atoms with Gasteiger partial charge in [0.05, 0.1) is 11.0 Å². The summed E-state index contributed by atoms with van der Waals surface area (Å²) in [5.74, 6) is 0. The summed E-state index contributed by atoms with van der Waals surface area (Å²) in [5, 5.41) is 2.55. The molecule has 0 amide bonds. The van der Waals surface area contributed by atoms with E-state index in [0.29, 0.717) is 0 Å². The van der Waals surface area contributed by atoms with Gasteiger partial charge >= 0.3 is 0 Å². The van der Waals surface area contributed by atoms with Crippen LogP contribution in [0.1, 0.15) is 65.5 Å². The lowest BCUT2D eigenvalue weighted by molar-refractivity contribution is 0.489. The Balaban J connectivity index is 0.874. The second-order valence-corrected chi connectivity index (χ2v) is 19.1. The maximum atomic E-state index is 2.45. The van der Waals surface area contributed by atoms with E-state index in [1.54, 1.807) is 0 Å². The molecule has 324 valence electrons. The van der Waals surface area contributed by atoms with Crippen molar-refractivity contribution in [1.29, 1.82) is 0 Å². The van der Waals surface area contributed by atoms with Gasteiger partial charge in [0.15, 0.2) is 0 Å². The van der Waals surface area contributed by atoms with Gasteiger partial charge in [-0.1, -0.05) is 199 Å². The van der Waals surface area contributed by atoms with E-state index in [1.165, 1.54) is 77.4 Å². The van der Waals surface area contributed by atoms with Gasteiger partial charge in [-0.25, -0.2) is 0 Å². The number of aromatic nitrogens is 1. The molecule has 0 atom stereocenters. The Hall–Kier alpha value is -7.42. The fourth-order valence-corrected chi connectivity index (χ4v) is 9.33. The summed E-state index contributed by atoms with van der Waals surface area (Å²) in [6.45, 7) is 14.0. The van der Waals surface area contributed by atoms with Gasteiger partial charge in [-0.3, -0.25) is 0 Å². The van der Waals surface area contributed by atoms with Crippen molar-refractivity contribution in [3.05, 3.63) is 230 Å². The van der Waals surface area contributed by atoms with Crippen LogP contribution in [-0.4, -0.2) is 4.57 Å². The molecule has 0 saturated heterocycles. The third kappa shape index (κ3) is 8.13. The molecule has 2 nitrogen and oxygen atoms in total. The molecule has 0 spiro atoms. The van der Waals surface area contributed by atoms with Gasteiger partial charge in [0, 0.05) is 33.5 Å². The van der Waals surface area contributed by atoms with Gasteiger partial charge in [0.2, 0.25) is 0 Å². The summed E-state index contributed by atoms with van der Waals surface area (Å²) >= 11 is 0. The Morgan fingerprint density at radius 1 is 0.333 bits per heavy atom. The number of hydrogen-bond donors (Lipinski definition) is 0. The number of hydrogen-bond acceptors (Lipinski definition) is 1. The van der Waals surface area contributed by atoms with Crippen LogP contribution >= 0.6 is 0 Å². The maximum Gasteiger partial charge on any atom is 0.0541 e. The molecule has 0 aliphatic heterocycles. The van der Waals surface area contributed by atoms with E-state index in [1.807, 2.05) is 0 Å². The van der Waals surface area contributed by atoms with Crippen LogP contribution in [0.4, 0.5) is 17.1 Å². The van der Waals surface area contributed by atoms with Crippen molar-refractivity contribution in [2.75, 3.05) is 4.90 Å². The molecule has 0 N–H and O–H groups in total. The van der Waals surface area contributed by atoms with Crippen LogP contribution in [-0.2, 0) is 10.8 Å². The number of nitrogens with zero attached hydrogens (tertiary/aromatic N) is 2. The lowest BCUT2D eigenvalue weighted by Crippen LogP contribution is -2.20. The first-order chi connectivity index (χ1) is 32.1. The average Bonchev–Trinajstić information content (AvgIpc) is 3.71. The van der Waals surface area contributed by atoms with E-state index < -0.39 is 0 Å². The minimum Gasteiger partial charge on any atom is -0.311 e. The first-order valence-corrected chi connectivity index (χ1v) is 23.6. The van der Waals surface area contributed by atoms with Gasteiger partial charge in [-0.05, 0) is 140 Å². The number of para-hydroxylation sites is 3. The summed E-state index contributed by atoms with van der Waals surface area (Å²) in [4.78, 5) is 2.33. The molecule has 0 saturated carbocycles. The molecule has 0 aliphatic rings. The van der Waals surface area contributed by atoms with Gasteiger partial charge in [0.1, 0.15) is 0 Å². The Labute approximate surface area is 391 Å². The second kappa shape index (κ2) is 17.5. The molecule has 0 fully saturated rings. The largest absolute Gasteiger partial charge is 0.311 e. The van der Waals surface area contributed by atoms with Crippen molar-refractivity contribution in [3.63, 3.8) is 0 Å². The summed E-state index contributed by atoms with van der Waals surface area (Å²) < 4.78 is 2.37. The highest BCUT2D eigenvalue weighted by atomic mass is 15.1.